The van der Waals surface area contributed by atoms with Crippen LogP contribution in [0.25, 0.3) is 0 Å². The fourth-order valence-electron chi connectivity index (χ4n) is 3.29. The fraction of sp³-hybridized carbons (Fsp3) is 0.857. The number of β-amino-alcohol motifs (C(OH)–C–C–N with tert-alkyl or cyclic N) is 1. The van der Waals surface area contributed by atoms with Gasteiger partial charge in [0.25, 0.3) is 0 Å². The van der Waals surface area contributed by atoms with E-state index in [1.165, 1.54) is 0 Å². The number of hydrogen-bond donors (Lipinski definition) is 2. The first-order valence-electron chi connectivity index (χ1n) is 7.48. The third-order valence-electron chi connectivity index (χ3n) is 4.50. The number of nitrogens with zero attached hydrogens (tertiary/aromatic N) is 2. The van der Waals surface area contributed by atoms with Crippen molar-refractivity contribution in [1.29, 1.82) is 0 Å². The van der Waals surface area contributed by atoms with E-state index in [4.69, 9.17) is 5.11 Å². The number of aliphatic hydroxyl groups is 1. The molecule has 114 valence electrons. The summed E-state index contributed by atoms with van der Waals surface area (Å²) in [6.07, 6.45) is 3.18. The Balaban J connectivity index is 1.92. The summed E-state index contributed by atoms with van der Waals surface area (Å²) in [5, 5.41) is 18.2. The van der Waals surface area contributed by atoms with E-state index in [1.54, 1.807) is 4.90 Å². The van der Waals surface area contributed by atoms with Crippen molar-refractivity contribution in [1.82, 2.24) is 9.80 Å². The predicted molar refractivity (Wildman–Crippen MR) is 73.2 cm³/mol. The van der Waals surface area contributed by atoms with Crippen LogP contribution >= 0.6 is 0 Å². The molecule has 2 rings (SSSR count). The quantitative estimate of drug-likeness (QED) is 0.760. The molecule has 0 aromatic heterocycles. The second kappa shape index (κ2) is 7.04. The molecule has 0 aromatic rings. The van der Waals surface area contributed by atoms with Crippen molar-refractivity contribution in [2.24, 2.45) is 11.8 Å². The topological polar surface area (TPSA) is 81.1 Å². The van der Waals surface area contributed by atoms with Crippen molar-refractivity contribution >= 4 is 11.9 Å². The van der Waals surface area contributed by atoms with E-state index in [0.717, 1.165) is 25.9 Å². The molecular weight excluding hydrogens is 260 g/mol. The SMILES string of the molecule is O=C(O)C1CCCCC1C(=O)N1CCN(CCO)CC1. The Morgan fingerprint density at radius 3 is 2.15 bits per heavy atom. The number of carbonyl (C=O) groups is 2. The Hall–Kier alpha value is -1.14. The highest BCUT2D eigenvalue weighted by molar-refractivity contribution is 5.85. The van der Waals surface area contributed by atoms with E-state index in [1.807, 2.05) is 0 Å². The fourth-order valence-corrected chi connectivity index (χ4v) is 3.29. The molecule has 1 saturated carbocycles. The summed E-state index contributed by atoms with van der Waals surface area (Å²) in [5.74, 6) is -1.67. The maximum atomic E-state index is 12.5. The second-order valence-corrected chi connectivity index (χ2v) is 5.73. The van der Waals surface area contributed by atoms with Crippen molar-refractivity contribution in [3.63, 3.8) is 0 Å². The van der Waals surface area contributed by atoms with Gasteiger partial charge in [0.2, 0.25) is 5.91 Å². The largest absolute Gasteiger partial charge is 0.481 e. The summed E-state index contributed by atoms with van der Waals surface area (Å²) in [5.41, 5.74) is 0. The number of hydrogen-bond acceptors (Lipinski definition) is 4. The van der Waals surface area contributed by atoms with Crippen LogP contribution in [0.4, 0.5) is 0 Å². The van der Waals surface area contributed by atoms with Gasteiger partial charge in [-0.3, -0.25) is 14.5 Å². The average Bonchev–Trinajstić information content (AvgIpc) is 2.47. The molecule has 20 heavy (non-hydrogen) atoms. The highest BCUT2D eigenvalue weighted by Crippen LogP contribution is 2.32. The molecule has 1 aliphatic heterocycles. The summed E-state index contributed by atoms with van der Waals surface area (Å²) in [6, 6.07) is 0. The zero-order valence-corrected chi connectivity index (χ0v) is 11.8. The van der Waals surface area contributed by atoms with Gasteiger partial charge in [0.05, 0.1) is 18.4 Å². The summed E-state index contributed by atoms with van der Waals surface area (Å²) in [4.78, 5) is 27.7. The lowest BCUT2D eigenvalue weighted by atomic mass is 9.78. The smallest absolute Gasteiger partial charge is 0.307 e. The minimum Gasteiger partial charge on any atom is -0.481 e. The van der Waals surface area contributed by atoms with E-state index in [9.17, 15) is 14.7 Å². The van der Waals surface area contributed by atoms with Gasteiger partial charge in [-0.2, -0.15) is 0 Å². The number of carboxylic acid groups (broad SMARTS) is 1. The number of rotatable bonds is 4. The minimum atomic E-state index is -0.832. The molecule has 2 N–H and O–H groups in total. The van der Waals surface area contributed by atoms with Crippen LogP contribution in [0.5, 0.6) is 0 Å². The molecule has 6 heteroatoms. The van der Waals surface area contributed by atoms with Gasteiger partial charge in [-0.15, -0.1) is 0 Å². The molecule has 1 heterocycles. The van der Waals surface area contributed by atoms with Crippen LogP contribution in [0, 0.1) is 11.8 Å². The first-order valence-corrected chi connectivity index (χ1v) is 7.48. The monoisotopic (exact) mass is 284 g/mol. The van der Waals surface area contributed by atoms with Gasteiger partial charge in [-0.25, -0.2) is 0 Å². The average molecular weight is 284 g/mol. The molecule has 2 fully saturated rings. The van der Waals surface area contributed by atoms with Crippen LogP contribution < -0.4 is 0 Å². The minimum absolute atomic E-state index is 0.0146. The van der Waals surface area contributed by atoms with Crippen LogP contribution in [0.1, 0.15) is 25.7 Å². The van der Waals surface area contributed by atoms with Crippen LogP contribution in [0.15, 0.2) is 0 Å². The van der Waals surface area contributed by atoms with Gasteiger partial charge in [-0.1, -0.05) is 12.8 Å². The lowest BCUT2D eigenvalue weighted by Gasteiger charge is -2.38. The Kier molecular flexibility index (Phi) is 5.37. The van der Waals surface area contributed by atoms with E-state index >= 15 is 0 Å². The highest BCUT2D eigenvalue weighted by Gasteiger charge is 2.38. The molecule has 1 aliphatic carbocycles. The molecular formula is C14H24N2O4. The Morgan fingerprint density at radius 1 is 1.00 bits per heavy atom. The van der Waals surface area contributed by atoms with Crippen molar-refractivity contribution in [3.05, 3.63) is 0 Å². The molecule has 0 radical (unpaired) electrons. The van der Waals surface area contributed by atoms with Crippen molar-refractivity contribution in [2.45, 2.75) is 25.7 Å². The third kappa shape index (κ3) is 3.49. The normalized spacial score (nSPS) is 28.4. The summed E-state index contributed by atoms with van der Waals surface area (Å²) in [7, 11) is 0. The zero-order chi connectivity index (χ0) is 14.5. The van der Waals surface area contributed by atoms with Gasteiger partial charge in [0.15, 0.2) is 0 Å². The second-order valence-electron chi connectivity index (χ2n) is 5.73. The van der Waals surface area contributed by atoms with Gasteiger partial charge >= 0.3 is 5.97 Å². The summed E-state index contributed by atoms with van der Waals surface area (Å²) in [6.45, 7) is 3.58. The Morgan fingerprint density at radius 2 is 1.60 bits per heavy atom. The van der Waals surface area contributed by atoms with Gasteiger partial charge in [-0.05, 0) is 12.8 Å². The molecule has 2 aliphatic rings. The number of piperazine rings is 1. The number of carbonyl (C=O) groups excluding carboxylic acids is 1. The maximum Gasteiger partial charge on any atom is 0.307 e. The van der Waals surface area contributed by atoms with Gasteiger partial charge < -0.3 is 15.1 Å². The first kappa shape index (κ1) is 15.3. The number of carboxylic acids is 1. The van der Waals surface area contributed by atoms with Crippen LogP contribution in [0.2, 0.25) is 0 Å². The molecule has 1 saturated heterocycles. The van der Waals surface area contributed by atoms with E-state index in [0.29, 0.717) is 32.5 Å². The van der Waals surface area contributed by atoms with Crippen LogP contribution in [-0.4, -0.2) is 71.2 Å². The molecule has 2 unspecified atom stereocenters. The highest BCUT2D eigenvalue weighted by atomic mass is 16.4. The lowest BCUT2D eigenvalue weighted by molar-refractivity contribution is -0.153. The Labute approximate surface area is 119 Å². The van der Waals surface area contributed by atoms with E-state index in [-0.39, 0.29) is 18.4 Å². The van der Waals surface area contributed by atoms with Crippen molar-refractivity contribution < 1.29 is 19.8 Å². The van der Waals surface area contributed by atoms with Crippen LogP contribution in [0.3, 0.4) is 0 Å². The number of amides is 1. The van der Waals surface area contributed by atoms with Crippen LogP contribution in [-0.2, 0) is 9.59 Å². The molecule has 0 bridgehead atoms. The molecule has 0 aromatic carbocycles. The summed E-state index contributed by atoms with van der Waals surface area (Å²) >= 11 is 0. The maximum absolute atomic E-state index is 12.5. The van der Waals surface area contributed by atoms with Crippen molar-refractivity contribution in [3.8, 4) is 0 Å². The zero-order valence-electron chi connectivity index (χ0n) is 11.8. The Bertz CT molecular complexity index is 353. The summed E-state index contributed by atoms with van der Waals surface area (Å²) < 4.78 is 0. The van der Waals surface area contributed by atoms with Crippen molar-refractivity contribution in [2.75, 3.05) is 39.3 Å². The first-order chi connectivity index (χ1) is 9.63. The van der Waals surface area contributed by atoms with E-state index in [2.05, 4.69) is 4.90 Å². The lowest BCUT2D eigenvalue weighted by Crippen LogP contribution is -2.52. The third-order valence-corrected chi connectivity index (χ3v) is 4.50. The molecule has 1 amide bonds. The molecule has 6 nitrogen and oxygen atoms in total. The predicted octanol–water partition coefficient (Wildman–Crippen LogP) is 0.0139. The van der Waals surface area contributed by atoms with Gasteiger partial charge in [0, 0.05) is 32.7 Å². The van der Waals surface area contributed by atoms with E-state index < -0.39 is 11.9 Å². The van der Waals surface area contributed by atoms with Gasteiger partial charge in [0.1, 0.15) is 0 Å². The standard InChI is InChI=1S/C14H24N2O4/c17-10-9-15-5-7-16(8-6-15)13(18)11-3-1-2-4-12(11)14(19)20/h11-12,17H,1-10H2,(H,19,20). The molecule has 0 spiro atoms. The number of aliphatic hydroxyl groups excluding tert-OH is 1. The number of aliphatic carboxylic acids is 1. The molecule has 2 atom stereocenters.